The monoisotopic (exact) mass is 539 g/mol. The van der Waals surface area contributed by atoms with Gasteiger partial charge in [0.25, 0.3) is 5.91 Å². The minimum atomic E-state index is -4.05. The molecule has 1 saturated heterocycles. The van der Waals surface area contributed by atoms with Crippen molar-refractivity contribution in [1.29, 1.82) is 0 Å². The summed E-state index contributed by atoms with van der Waals surface area (Å²) in [5, 5.41) is 0. The number of hydrogen-bond acceptors (Lipinski definition) is 9. The van der Waals surface area contributed by atoms with Gasteiger partial charge in [0.2, 0.25) is 5.91 Å². The molecule has 2 amide bonds. The van der Waals surface area contributed by atoms with Crippen LogP contribution in [0, 0.1) is 5.92 Å². The molecular weight excluding hydrogens is 510 g/mol. The molecule has 36 heavy (non-hydrogen) atoms. The van der Waals surface area contributed by atoms with E-state index in [1.54, 1.807) is 19.1 Å². The standard InChI is InChI=1S/C23H29N3O8S2/c1-4-34-22(30)16-5-6-17-18(11-16)35-23(26(17)12-21(29)33-3)24-19(27)13-36(31,32)14-20(28)25-9-7-15(2)8-10-25/h5-6,11,15H,4,7-10,12-14H2,1-3H3. The topological polar surface area (TPSA) is 141 Å². The van der Waals surface area contributed by atoms with E-state index in [0.29, 0.717) is 29.2 Å². The number of likely N-dealkylation sites (tertiary alicyclic amines) is 1. The highest BCUT2D eigenvalue weighted by Crippen LogP contribution is 2.20. The summed E-state index contributed by atoms with van der Waals surface area (Å²) < 4.78 is 36.8. The molecule has 1 aromatic heterocycles. The van der Waals surface area contributed by atoms with Crippen LogP contribution in [0.15, 0.2) is 23.2 Å². The van der Waals surface area contributed by atoms with Crippen LogP contribution in [0.1, 0.15) is 37.0 Å². The van der Waals surface area contributed by atoms with E-state index in [-0.39, 0.29) is 23.5 Å². The molecule has 3 rings (SSSR count). The van der Waals surface area contributed by atoms with Crippen molar-refractivity contribution in [3.05, 3.63) is 28.6 Å². The third kappa shape index (κ3) is 7.00. The first-order valence-electron chi connectivity index (χ1n) is 11.5. The van der Waals surface area contributed by atoms with Crippen LogP contribution < -0.4 is 4.80 Å². The Morgan fingerprint density at radius 2 is 1.83 bits per heavy atom. The lowest BCUT2D eigenvalue weighted by Gasteiger charge is -2.30. The Hall–Kier alpha value is -3.06. The van der Waals surface area contributed by atoms with Crippen LogP contribution in [0.5, 0.6) is 0 Å². The number of fused-ring (bicyclic) bond motifs is 1. The molecule has 1 aromatic carbocycles. The molecular formula is C23H29N3O8S2. The molecule has 0 saturated carbocycles. The number of sulfone groups is 1. The summed E-state index contributed by atoms with van der Waals surface area (Å²) in [6.45, 7) is 4.68. The molecule has 1 fully saturated rings. The van der Waals surface area contributed by atoms with E-state index in [4.69, 9.17) is 9.47 Å². The molecule has 0 unspecified atom stereocenters. The Morgan fingerprint density at radius 3 is 2.47 bits per heavy atom. The van der Waals surface area contributed by atoms with Crippen LogP contribution in [-0.2, 0) is 40.2 Å². The van der Waals surface area contributed by atoms with Crippen LogP contribution in [0.25, 0.3) is 10.2 Å². The van der Waals surface area contributed by atoms with Crippen LogP contribution >= 0.6 is 11.3 Å². The molecule has 0 atom stereocenters. The van der Waals surface area contributed by atoms with Crippen molar-refractivity contribution < 1.29 is 37.1 Å². The number of piperidine rings is 1. The number of carbonyl (C=O) groups excluding carboxylic acids is 4. The smallest absolute Gasteiger partial charge is 0.338 e. The van der Waals surface area contributed by atoms with Gasteiger partial charge in [-0.05, 0) is 43.9 Å². The zero-order valence-electron chi connectivity index (χ0n) is 20.4. The lowest BCUT2D eigenvalue weighted by molar-refractivity contribution is -0.141. The van der Waals surface area contributed by atoms with Gasteiger partial charge in [0.1, 0.15) is 18.1 Å². The van der Waals surface area contributed by atoms with Crippen molar-refractivity contribution >= 4 is 55.1 Å². The van der Waals surface area contributed by atoms with Gasteiger partial charge in [-0.2, -0.15) is 4.99 Å². The Bertz CT molecular complexity index is 1330. The molecule has 11 nitrogen and oxygen atoms in total. The van der Waals surface area contributed by atoms with Crippen LogP contribution in [0.3, 0.4) is 0 Å². The lowest BCUT2D eigenvalue weighted by atomic mass is 9.99. The molecule has 0 radical (unpaired) electrons. The molecule has 13 heteroatoms. The molecule has 2 heterocycles. The van der Waals surface area contributed by atoms with E-state index in [1.165, 1.54) is 22.6 Å². The fourth-order valence-electron chi connectivity index (χ4n) is 3.76. The molecule has 0 bridgehead atoms. The van der Waals surface area contributed by atoms with Crippen molar-refractivity contribution in [1.82, 2.24) is 9.47 Å². The van der Waals surface area contributed by atoms with Gasteiger partial charge in [0, 0.05) is 13.1 Å². The Morgan fingerprint density at radius 1 is 1.14 bits per heavy atom. The number of esters is 2. The van der Waals surface area contributed by atoms with Gasteiger partial charge in [-0.25, -0.2) is 13.2 Å². The summed E-state index contributed by atoms with van der Waals surface area (Å²) in [5.74, 6) is -3.84. The SMILES string of the molecule is CCOC(=O)c1ccc2c(c1)sc(=NC(=O)CS(=O)(=O)CC(=O)N1CCC(C)CC1)n2CC(=O)OC. The largest absolute Gasteiger partial charge is 0.468 e. The zero-order chi connectivity index (χ0) is 26.5. The van der Waals surface area contributed by atoms with Crippen molar-refractivity contribution in [3.8, 4) is 0 Å². The van der Waals surface area contributed by atoms with Gasteiger partial charge >= 0.3 is 11.9 Å². The molecule has 196 valence electrons. The summed E-state index contributed by atoms with van der Waals surface area (Å²) in [6.07, 6.45) is 1.62. The van der Waals surface area contributed by atoms with Crippen LogP contribution in [0.4, 0.5) is 0 Å². The molecule has 0 spiro atoms. The number of nitrogens with zero attached hydrogens (tertiary/aromatic N) is 3. The van der Waals surface area contributed by atoms with Crippen LogP contribution in [-0.4, -0.2) is 79.9 Å². The van der Waals surface area contributed by atoms with Gasteiger partial charge in [-0.3, -0.25) is 14.4 Å². The number of carbonyl (C=O) groups is 4. The summed E-state index contributed by atoms with van der Waals surface area (Å²) in [5.41, 5.74) is 0.782. The number of thiazole rings is 1. The molecule has 1 aliphatic heterocycles. The zero-order valence-corrected chi connectivity index (χ0v) is 22.0. The van der Waals surface area contributed by atoms with E-state index >= 15 is 0 Å². The number of amides is 2. The summed E-state index contributed by atoms with van der Waals surface area (Å²) >= 11 is 1.01. The minimum Gasteiger partial charge on any atom is -0.468 e. The van der Waals surface area contributed by atoms with Gasteiger partial charge in [0.05, 0.1) is 29.5 Å². The van der Waals surface area contributed by atoms with Gasteiger partial charge < -0.3 is 18.9 Å². The van der Waals surface area contributed by atoms with Gasteiger partial charge in [-0.1, -0.05) is 18.3 Å². The maximum Gasteiger partial charge on any atom is 0.338 e. The lowest BCUT2D eigenvalue weighted by Crippen LogP contribution is -2.41. The normalized spacial score (nSPS) is 15.2. The van der Waals surface area contributed by atoms with Crippen molar-refractivity contribution in [3.63, 3.8) is 0 Å². The number of aromatic nitrogens is 1. The van der Waals surface area contributed by atoms with E-state index in [1.807, 2.05) is 0 Å². The quantitative estimate of drug-likeness (QED) is 0.455. The van der Waals surface area contributed by atoms with E-state index in [9.17, 15) is 27.6 Å². The average molecular weight is 540 g/mol. The predicted octanol–water partition coefficient (Wildman–Crippen LogP) is 1.15. The second-order valence-electron chi connectivity index (χ2n) is 8.55. The van der Waals surface area contributed by atoms with Crippen LogP contribution in [0.2, 0.25) is 0 Å². The fourth-order valence-corrected chi connectivity index (χ4v) is 5.95. The van der Waals surface area contributed by atoms with Crippen molar-refractivity contribution in [2.45, 2.75) is 33.2 Å². The van der Waals surface area contributed by atoms with E-state index in [0.717, 1.165) is 24.2 Å². The highest BCUT2D eigenvalue weighted by Gasteiger charge is 2.27. The molecule has 1 aliphatic rings. The van der Waals surface area contributed by atoms with Crippen molar-refractivity contribution in [2.75, 3.05) is 38.3 Å². The maximum atomic E-state index is 12.6. The summed E-state index contributed by atoms with van der Waals surface area (Å²) in [6, 6.07) is 4.65. The first-order chi connectivity index (χ1) is 17.0. The highest BCUT2D eigenvalue weighted by molar-refractivity contribution is 7.92. The van der Waals surface area contributed by atoms with Gasteiger partial charge in [-0.15, -0.1) is 0 Å². The number of ether oxygens (including phenoxy) is 2. The third-order valence-electron chi connectivity index (χ3n) is 5.75. The Kier molecular flexibility index (Phi) is 9.01. The fraction of sp³-hybridized carbons (Fsp3) is 0.522. The molecule has 2 aromatic rings. The van der Waals surface area contributed by atoms with Gasteiger partial charge in [0.15, 0.2) is 14.6 Å². The number of rotatable bonds is 8. The highest BCUT2D eigenvalue weighted by atomic mass is 32.2. The maximum absolute atomic E-state index is 12.6. The summed E-state index contributed by atoms with van der Waals surface area (Å²) in [4.78, 5) is 54.6. The number of hydrogen-bond donors (Lipinski definition) is 0. The Balaban J connectivity index is 1.85. The third-order valence-corrected chi connectivity index (χ3v) is 8.17. The molecule has 0 N–H and O–H groups in total. The second-order valence-corrected chi connectivity index (χ2v) is 11.6. The first kappa shape index (κ1) is 27.5. The molecule has 0 aliphatic carbocycles. The van der Waals surface area contributed by atoms with E-state index in [2.05, 4.69) is 11.9 Å². The summed E-state index contributed by atoms with van der Waals surface area (Å²) in [7, 11) is -2.84. The predicted molar refractivity (Wildman–Crippen MR) is 132 cm³/mol. The first-order valence-corrected chi connectivity index (χ1v) is 14.1. The van der Waals surface area contributed by atoms with E-state index < -0.39 is 45.1 Å². The number of benzene rings is 1. The Labute approximate surface area is 212 Å². The number of methoxy groups -OCH3 is 1. The minimum absolute atomic E-state index is 0.0629. The average Bonchev–Trinajstić information content (AvgIpc) is 3.14. The van der Waals surface area contributed by atoms with Crippen molar-refractivity contribution in [2.24, 2.45) is 10.9 Å². The second kappa shape index (κ2) is 11.8.